The zero-order valence-electron chi connectivity index (χ0n) is 19.1. The summed E-state index contributed by atoms with van der Waals surface area (Å²) in [4.78, 5) is 43.1. The van der Waals surface area contributed by atoms with E-state index in [1.54, 1.807) is 31.2 Å². The van der Waals surface area contributed by atoms with Gasteiger partial charge in [0.2, 0.25) is 5.78 Å². The third-order valence-electron chi connectivity index (χ3n) is 5.70. The van der Waals surface area contributed by atoms with Gasteiger partial charge in [-0.3, -0.25) is 24.6 Å². The normalized spacial score (nSPS) is 15.7. The number of benzene rings is 2. The van der Waals surface area contributed by atoms with Gasteiger partial charge in [0.15, 0.2) is 16.7 Å². The van der Waals surface area contributed by atoms with Crippen LogP contribution in [0.2, 0.25) is 0 Å². The molecule has 1 atom stereocenters. The zero-order chi connectivity index (χ0) is 25.6. The van der Waals surface area contributed by atoms with E-state index < -0.39 is 28.4 Å². The summed E-state index contributed by atoms with van der Waals surface area (Å²) < 4.78 is 11.8. The Labute approximate surface area is 208 Å². The molecular weight excluding hydrogens is 486 g/mol. The fourth-order valence-electron chi connectivity index (χ4n) is 4.07. The molecule has 0 bridgehead atoms. The molecule has 1 N–H and O–H groups in total. The van der Waals surface area contributed by atoms with Gasteiger partial charge in [-0.1, -0.05) is 11.3 Å². The van der Waals surface area contributed by atoms with Crippen LogP contribution < -0.4 is 9.64 Å². The summed E-state index contributed by atoms with van der Waals surface area (Å²) in [7, 11) is 0. The maximum Gasteiger partial charge on any atom is 0.296 e. The predicted octanol–water partition coefficient (Wildman–Crippen LogP) is 5.29. The number of aryl methyl sites for hydroxylation is 1. The van der Waals surface area contributed by atoms with Crippen molar-refractivity contribution in [1.82, 2.24) is 4.98 Å². The van der Waals surface area contributed by atoms with Crippen LogP contribution in [0, 0.1) is 17.0 Å². The number of aromatic nitrogens is 1. The summed E-state index contributed by atoms with van der Waals surface area (Å²) in [5.41, 5.74) is 0.645. The van der Waals surface area contributed by atoms with Crippen molar-refractivity contribution in [2.75, 3.05) is 11.5 Å². The van der Waals surface area contributed by atoms with Gasteiger partial charge in [-0.2, -0.15) is 0 Å². The number of hydrogen-bond acceptors (Lipinski definition) is 9. The number of aliphatic hydroxyl groups is 1. The molecule has 4 aromatic rings. The lowest BCUT2D eigenvalue weighted by Gasteiger charge is -2.24. The molecule has 0 spiro atoms. The molecule has 2 aromatic carbocycles. The van der Waals surface area contributed by atoms with E-state index in [4.69, 9.17) is 9.15 Å². The third-order valence-corrected chi connectivity index (χ3v) is 6.72. The molecule has 11 heteroatoms. The molecule has 5 rings (SSSR count). The first-order chi connectivity index (χ1) is 17.3. The first kappa shape index (κ1) is 23.2. The van der Waals surface area contributed by atoms with Gasteiger partial charge in [0.1, 0.15) is 11.5 Å². The Morgan fingerprint density at radius 3 is 2.61 bits per heavy atom. The number of ether oxygens (including phenoxy) is 1. The highest BCUT2D eigenvalue weighted by molar-refractivity contribution is 7.22. The molecule has 36 heavy (non-hydrogen) atoms. The van der Waals surface area contributed by atoms with Crippen molar-refractivity contribution in [3.63, 3.8) is 0 Å². The fraction of sp³-hybridized carbons (Fsp3) is 0.160. The van der Waals surface area contributed by atoms with Gasteiger partial charge in [-0.05, 0) is 61.9 Å². The molecule has 3 heterocycles. The van der Waals surface area contributed by atoms with E-state index in [0.717, 1.165) is 4.70 Å². The number of ketones is 1. The van der Waals surface area contributed by atoms with Gasteiger partial charge in [0, 0.05) is 12.1 Å². The van der Waals surface area contributed by atoms with Crippen LogP contribution in [-0.2, 0) is 4.79 Å². The summed E-state index contributed by atoms with van der Waals surface area (Å²) in [5, 5.41) is 22.3. The minimum absolute atomic E-state index is 0.0405. The number of carbonyl (C=O) groups is 2. The number of fused-ring (bicyclic) bond motifs is 1. The lowest BCUT2D eigenvalue weighted by atomic mass is 9.95. The van der Waals surface area contributed by atoms with Crippen LogP contribution >= 0.6 is 11.3 Å². The number of amides is 1. The maximum absolute atomic E-state index is 13.4. The SMILES string of the molecule is CCOc1ccc2nc(N3C(=O)C(O)=C(C(=O)c4ccc(C)o4)C3c3ccc([N+](=O)[O-])cc3)sc2c1. The van der Waals surface area contributed by atoms with Crippen molar-refractivity contribution in [3.05, 3.63) is 93.1 Å². The highest BCUT2D eigenvalue weighted by Crippen LogP contribution is 2.44. The Balaban J connectivity index is 1.64. The van der Waals surface area contributed by atoms with Crippen molar-refractivity contribution < 1.29 is 28.8 Å². The van der Waals surface area contributed by atoms with Crippen LogP contribution in [0.25, 0.3) is 10.2 Å². The van der Waals surface area contributed by atoms with Gasteiger partial charge in [-0.25, -0.2) is 4.98 Å². The van der Waals surface area contributed by atoms with Crippen molar-refractivity contribution in [3.8, 4) is 5.75 Å². The van der Waals surface area contributed by atoms with E-state index in [-0.39, 0.29) is 22.2 Å². The van der Waals surface area contributed by atoms with E-state index >= 15 is 0 Å². The molecule has 0 saturated heterocycles. The second-order valence-electron chi connectivity index (χ2n) is 7.99. The third kappa shape index (κ3) is 3.89. The number of nitro benzene ring substituents is 1. The zero-order valence-corrected chi connectivity index (χ0v) is 19.9. The van der Waals surface area contributed by atoms with Gasteiger partial charge < -0.3 is 14.3 Å². The quantitative estimate of drug-likeness (QED) is 0.203. The molecule has 10 nitrogen and oxygen atoms in total. The first-order valence-corrected chi connectivity index (χ1v) is 11.8. The van der Waals surface area contributed by atoms with Crippen LogP contribution in [0.5, 0.6) is 5.75 Å². The predicted molar refractivity (Wildman–Crippen MR) is 132 cm³/mol. The van der Waals surface area contributed by atoms with Gasteiger partial charge in [-0.15, -0.1) is 0 Å². The minimum Gasteiger partial charge on any atom is -0.503 e. The Morgan fingerprint density at radius 2 is 1.97 bits per heavy atom. The van der Waals surface area contributed by atoms with E-state index in [0.29, 0.717) is 29.2 Å². The lowest BCUT2D eigenvalue weighted by Crippen LogP contribution is -2.30. The average molecular weight is 506 g/mol. The van der Waals surface area contributed by atoms with Crippen LogP contribution in [-0.4, -0.2) is 33.3 Å². The average Bonchev–Trinajstić information content (AvgIpc) is 3.55. The summed E-state index contributed by atoms with van der Waals surface area (Å²) in [5.74, 6) is -1.12. The summed E-state index contributed by atoms with van der Waals surface area (Å²) in [6.45, 7) is 4.02. The highest BCUT2D eigenvalue weighted by Gasteiger charge is 2.46. The smallest absolute Gasteiger partial charge is 0.296 e. The number of hydrogen-bond donors (Lipinski definition) is 1. The van der Waals surface area contributed by atoms with Gasteiger partial charge >= 0.3 is 0 Å². The number of aliphatic hydroxyl groups excluding tert-OH is 1. The number of Topliss-reactive ketones (excluding diaryl/α,β-unsaturated/α-hetero) is 1. The van der Waals surface area contributed by atoms with Crippen LogP contribution in [0.15, 0.2) is 70.3 Å². The Morgan fingerprint density at radius 1 is 1.22 bits per heavy atom. The van der Waals surface area contributed by atoms with E-state index in [2.05, 4.69) is 4.98 Å². The molecule has 0 fully saturated rings. The number of rotatable bonds is 7. The fourth-order valence-corrected chi connectivity index (χ4v) is 5.09. The number of non-ortho nitro benzene ring substituents is 1. The molecule has 182 valence electrons. The number of nitrogens with zero attached hydrogens (tertiary/aromatic N) is 3. The molecule has 0 radical (unpaired) electrons. The standard InChI is InChI=1S/C25H19N3O7S/c1-3-34-16-9-10-17-19(12-16)36-25(26-17)27-21(14-5-7-15(8-6-14)28(32)33)20(23(30)24(27)31)22(29)18-11-4-13(2)35-18/h4-12,21,30H,3H2,1-2H3. The van der Waals surface area contributed by atoms with Crippen molar-refractivity contribution in [2.24, 2.45) is 0 Å². The summed E-state index contributed by atoms with van der Waals surface area (Å²) >= 11 is 1.19. The molecule has 1 aliphatic heterocycles. The molecule has 0 aliphatic carbocycles. The number of nitro groups is 1. The first-order valence-electron chi connectivity index (χ1n) is 10.9. The van der Waals surface area contributed by atoms with Crippen LogP contribution in [0.4, 0.5) is 10.8 Å². The largest absolute Gasteiger partial charge is 0.503 e. The number of furan rings is 1. The van der Waals surface area contributed by atoms with Crippen molar-refractivity contribution in [1.29, 1.82) is 0 Å². The lowest BCUT2D eigenvalue weighted by molar-refractivity contribution is -0.384. The molecule has 0 saturated carbocycles. The Hall–Kier alpha value is -4.51. The minimum atomic E-state index is -1.08. The Bertz CT molecular complexity index is 1550. The number of carbonyl (C=O) groups excluding carboxylic acids is 2. The van der Waals surface area contributed by atoms with Gasteiger partial charge in [0.25, 0.3) is 11.6 Å². The topological polar surface area (TPSA) is 136 Å². The molecule has 1 unspecified atom stereocenters. The van der Waals surface area contributed by atoms with Crippen molar-refractivity contribution in [2.45, 2.75) is 19.9 Å². The van der Waals surface area contributed by atoms with E-state index in [1.807, 2.05) is 6.92 Å². The summed E-state index contributed by atoms with van der Waals surface area (Å²) in [6.07, 6.45) is 0. The van der Waals surface area contributed by atoms with E-state index in [9.17, 15) is 24.8 Å². The summed E-state index contributed by atoms with van der Waals surface area (Å²) in [6, 6.07) is 12.7. The number of anilines is 1. The molecule has 1 amide bonds. The number of thiazole rings is 1. The molecule has 1 aliphatic rings. The van der Waals surface area contributed by atoms with E-state index in [1.165, 1.54) is 46.6 Å². The van der Waals surface area contributed by atoms with Gasteiger partial charge in [0.05, 0.1) is 33.4 Å². The molecule has 2 aromatic heterocycles. The second kappa shape index (κ2) is 8.93. The maximum atomic E-state index is 13.4. The monoisotopic (exact) mass is 505 g/mol. The molecular formula is C25H19N3O7S. The van der Waals surface area contributed by atoms with Crippen LogP contribution in [0.1, 0.15) is 34.8 Å². The Kier molecular flexibility index (Phi) is 5.77. The highest BCUT2D eigenvalue weighted by atomic mass is 32.1. The van der Waals surface area contributed by atoms with Crippen LogP contribution in [0.3, 0.4) is 0 Å². The second-order valence-corrected chi connectivity index (χ2v) is 9.00. The van der Waals surface area contributed by atoms with Crippen molar-refractivity contribution >= 4 is 44.1 Å².